The number of thiophene rings is 1. The van der Waals surface area contributed by atoms with Crippen LogP contribution in [0.2, 0.25) is 5.02 Å². The lowest BCUT2D eigenvalue weighted by atomic mass is 10.1. The van der Waals surface area contributed by atoms with Crippen molar-refractivity contribution in [2.45, 2.75) is 4.83 Å². The van der Waals surface area contributed by atoms with E-state index < -0.39 is 0 Å². The summed E-state index contributed by atoms with van der Waals surface area (Å²) in [4.78, 5) is 1.34. The van der Waals surface area contributed by atoms with E-state index in [0.717, 1.165) is 19.5 Å². The maximum absolute atomic E-state index is 6.27. The minimum atomic E-state index is 0.117. The van der Waals surface area contributed by atoms with Crippen molar-refractivity contribution in [2.24, 2.45) is 0 Å². The van der Waals surface area contributed by atoms with Gasteiger partial charge in [-0.2, -0.15) is 0 Å². The summed E-state index contributed by atoms with van der Waals surface area (Å²) in [7, 11) is 0. The molecule has 1 atom stereocenters. The minimum absolute atomic E-state index is 0.117. The molecule has 84 valence electrons. The second-order valence-electron chi connectivity index (χ2n) is 3.14. The summed E-state index contributed by atoms with van der Waals surface area (Å²) in [6.07, 6.45) is 0. The molecule has 1 aromatic heterocycles. The van der Waals surface area contributed by atoms with E-state index in [0.29, 0.717) is 0 Å². The molecule has 0 saturated carbocycles. The van der Waals surface area contributed by atoms with Crippen LogP contribution in [-0.4, -0.2) is 0 Å². The third-order valence-corrected chi connectivity index (χ3v) is 6.63. The van der Waals surface area contributed by atoms with Gasteiger partial charge >= 0.3 is 0 Å². The molecule has 1 aromatic carbocycles. The first-order valence-electron chi connectivity index (χ1n) is 4.42. The predicted molar refractivity (Wildman–Crippen MR) is 81.9 cm³/mol. The monoisotopic (exact) mass is 442 g/mol. The number of alkyl halides is 1. The summed E-state index contributed by atoms with van der Waals surface area (Å²) in [5, 5.41) is 2.81. The fourth-order valence-electron chi connectivity index (χ4n) is 1.34. The Morgan fingerprint density at radius 1 is 1.12 bits per heavy atom. The van der Waals surface area contributed by atoms with Crippen molar-refractivity contribution in [3.05, 3.63) is 54.1 Å². The number of rotatable bonds is 2. The quantitative estimate of drug-likeness (QED) is 0.469. The number of halogens is 4. The lowest BCUT2D eigenvalue weighted by Gasteiger charge is -2.12. The van der Waals surface area contributed by atoms with Gasteiger partial charge in [0.15, 0.2) is 0 Å². The van der Waals surface area contributed by atoms with Gasteiger partial charge in [-0.1, -0.05) is 39.7 Å². The maximum Gasteiger partial charge on any atom is 0.0764 e. The van der Waals surface area contributed by atoms with Gasteiger partial charge in [0, 0.05) is 13.8 Å². The van der Waals surface area contributed by atoms with Crippen LogP contribution in [-0.2, 0) is 0 Å². The third-order valence-electron chi connectivity index (χ3n) is 2.13. The van der Waals surface area contributed by atoms with Crippen LogP contribution in [0.25, 0.3) is 0 Å². The Morgan fingerprint density at radius 3 is 2.50 bits per heavy atom. The average Bonchev–Trinajstić information content (AvgIpc) is 2.68. The second kappa shape index (κ2) is 5.53. The summed E-state index contributed by atoms with van der Waals surface area (Å²) >= 11 is 18.6. The van der Waals surface area contributed by atoms with E-state index in [-0.39, 0.29) is 4.83 Å². The van der Waals surface area contributed by atoms with E-state index in [9.17, 15) is 0 Å². The molecule has 0 aliphatic carbocycles. The highest BCUT2D eigenvalue weighted by Crippen LogP contribution is 2.42. The summed E-state index contributed by atoms with van der Waals surface area (Å²) in [6.45, 7) is 0. The molecule has 0 bridgehead atoms. The molecule has 0 aliphatic rings. The van der Waals surface area contributed by atoms with Crippen LogP contribution in [0, 0.1) is 0 Å². The van der Waals surface area contributed by atoms with Crippen LogP contribution < -0.4 is 0 Å². The first-order chi connectivity index (χ1) is 7.61. The van der Waals surface area contributed by atoms with Crippen molar-refractivity contribution in [1.82, 2.24) is 0 Å². The molecule has 2 aromatic rings. The Balaban J connectivity index is 2.46. The number of benzene rings is 1. The van der Waals surface area contributed by atoms with E-state index in [1.165, 1.54) is 4.88 Å². The van der Waals surface area contributed by atoms with E-state index in [2.05, 4.69) is 53.2 Å². The Kier molecular flexibility index (Phi) is 4.52. The Morgan fingerprint density at radius 2 is 1.88 bits per heavy atom. The van der Waals surface area contributed by atoms with E-state index in [4.69, 9.17) is 11.6 Å². The summed E-state index contributed by atoms with van der Waals surface area (Å²) in [6, 6.07) is 7.99. The topological polar surface area (TPSA) is 0 Å². The fourth-order valence-corrected chi connectivity index (χ4v) is 4.95. The van der Waals surface area contributed by atoms with E-state index in [1.54, 1.807) is 11.3 Å². The van der Waals surface area contributed by atoms with Gasteiger partial charge in [-0.15, -0.1) is 11.3 Å². The van der Waals surface area contributed by atoms with Crippen molar-refractivity contribution >= 4 is 70.7 Å². The van der Waals surface area contributed by atoms with Crippen molar-refractivity contribution < 1.29 is 0 Å². The lowest BCUT2D eigenvalue weighted by molar-refractivity contribution is 1.21. The molecule has 0 saturated heterocycles. The molecule has 0 spiro atoms. The van der Waals surface area contributed by atoms with Crippen molar-refractivity contribution in [3.8, 4) is 0 Å². The van der Waals surface area contributed by atoms with Crippen LogP contribution in [0.1, 0.15) is 15.3 Å². The highest BCUT2D eigenvalue weighted by atomic mass is 79.9. The molecule has 0 radical (unpaired) electrons. The third kappa shape index (κ3) is 2.56. The van der Waals surface area contributed by atoms with E-state index >= 15 is 0 Å². The van der Waals surface area contributed by atoms with Crippen molar-refractivity contribution in [2.75, 3.05) is 0 Å². The highest BCUT2D eigenvalue weighted by molar-refractivity contribution is 9.11. The van der Waals surface area contributed by atoms with Crippen molar-refractivity contribution in [1.29, 1.82) is 0 Å². The van der Waals surface area contributed by atoms with Gasteiger partial charge in [0.1, 0.15) is 0 Å². The average molecular weight is 445 g/mol. The molecule has 1 unspecified atom stereocenters. The van der Waals surface area contributed by atoms with E-state index in [1.807, 2.05) is 24.3 Å². The normalized spacial score (nSPS) is 12.8. The largest absolute Gasteiger partial charge is 0.146 e. The van der Waals surface area contributed by atoms with Crippen LogP contribution in [0.15, 0.2) is 38.6 Å². The molecule has 0 fully saturated rings. The zero-order valence-corrected chi connectivity index (χ0v) is 14.2. The van der Waals surface area contributed by atoms with Crippen LogP contribution in [0.3, 0.4) is 0 Å². The van der Waals surface area contributed by atoms with Gasteiger partial charge in [-0.05, 0) is 54.9 Å². The number of hydrogen-bond donors (Lipinski definition) is 0. The van der Waals surface area contributed by atoms with Crippen LogP contribution in [0.5, 0.6) is 0 Å². The number of hydrogen-bond acceptors (Lipinski definition) is 1. The van der Waals surface area contributed by atoms with Gasteiger partial charge < -0.3 is 0 Å². The van der Waals surface area contributed by atoms with Gasteiger partial charge in [-0.25, -0.2) is 0 Å². The van der Waals surface area contributed by atoms with Gasteiger partial charge in [0.25, 0.3) is 0 Å². The predicted octanol–water partition coefficient (Wildman–Crippen LogP) is 6.41. The SMILES string of the molecule is Clc1c(Br)cccc1C(Br)c1sccc1Br. The molecule has 5 heteroatoms. The smallest absolute Gasteiger partial charge is 0.0764 e. The molecular formula is C11H6Br3ClS. The van der Waals surface area contributed by atoms with Crippen molar-refractivity contribution in [3.63, 3.8) is 0 Å². The molecule has 0 aliphatic heterocycles. The fraction of sp³-hybridized carbons (Fsp3) is 0.0909. The highest BCUT2D eigenvalue weighted by Gasteiger charge is 2.18. The Hall–Kier alpha value is 0.650. The molecule has 0 amide bonds. The maximum atomic E-state index is 6.27. The van der Waals surface area contributed by atoms with Crippen LogP contribution in [0.4, 0.5) is 0 Å². The molecule has 1 heterocycles. The standard InChI is InChI=1S/C11H6Br3ClS/c12-7-3-1-2-6(10(7)15)9(14)11-8(13)4-5-16-11/h1-5,9H. The Bertz CT molecular complexity index is 510. The molecule has 16 heavy (non-hydrogen) atoms. The lowest BCUT2D eigenvalue weighted by Crippen LogP contribution is -1.92. The summed E-state index contributed by atoms with van der Waals surface area (Å²) < 4.78 is 2.03. The minimum Gasteiger partial charge on any atom is -0.146 e. The molecule has 2 rings (SSSR count). The van der Waals surface area contributed by atoms with Gasteiger partial charge in [0.05, 0.1) is 9.85 Å². The zero-order chi connectivity index (χ0) is 11.7. The summed E-state index contributed by atoms with van der Waals surface area (Å²) in [5.41, 5.74) is 1.07. The first kappa shape index (κ1) is 13.1. The van der Waals surface area contributed by atoms with Crippen LogP contribution >= 0.6 is 70.7 Å². The Labute approximate surface area is 128 Å². The molecular weight excluding hydrogens is 439 g/mol. The molecule has 0 N–H and O–H groups in total. The van der Waals surface area contributed by atoms with Gasteiger partial charge in [-0.3, -0.25) is 0 Å². The molecule has 0 nitrogen and oxygen atoms in total. The second-order valence-corrected chi connectivity index (χ2v) is 7.09. The van der Waals surface area contributed by atoms with Gasteiger partial charge in [0.2, 0.25) is 0 Å². The summed E-state index contributed by atoms with van der Waals surface area (Å²) in [5.74, 6) is 0. The first-order valence-corrected chi connectivity index (χ1v) is 8.18. The zero-order valence-electron chi connectivity index (χ0n) is 7.88.